The van der Waals surface area contributed by atoms with E-state index in [9.17, 15) is 4.79 Å². The van der Waals surface area contributed by atoms with Gasteiger partial charge in [-0.2, -0.15) is 0 Å². The summed E-state index contributed by atoms with van der Waals surface area (Å²) in [4.78, 5) is 14.7. The van der Waals surface area contributed by atoms with Crippen LogP contribution >= 0.6 is 22.9 Å². The van der Waals surface area contributed by atoms with E-state index in [-0.39, 0.29) is 0 Å². The first kappa shape index (κ1) is 14.6. The molecular weight excluding hydrogens is 294 g/mol. The van der Waals surface area contributed by atoms with Gasteiger partial charge >= 0.3 is 6.09 Å². The molecule has 1 heterocycles. The molecule has 0 saturated carbocycles. The molecule has 1 aromatic carbocycles. The van der Waals surface area contributed by atoms with Crippen LogP contribution in [0.3, 0.4) is 0 Å². The van der Waals surface area contributed by atoms with Crippen LogP contribution in [0.5, 0.6) is 5.75 Å². The molecule has 1 amide bonds. The molecule has 0 aliphatic carbocycles. The monoisotopic (exact) mass is 307 g/mol. The molecule has 0 atom stereocenters. The van der Waals surface area contributed by atoms with Crippen LogP contribution in [0.1, 0.15) is 4.88 Å². The van der Waals surface area contributed by atoms with Gasteiger partial charge in [0.25, 0.3) is 0 Å². The Kier molecular flexibility index (Phi) is 5.21. The van der Waals surface area contributed by atoms with E-state index in [2.05, 4.69) is 6.58 Å². The zero-order chi connectivity index (χ0) is 14.4. The summed E-state index contributed by atoms with van der Waals surface area (Å²) in [6.07, 6.45) is 1.27. The number of carbonyl (C=O) groups is 1. The summed E-state index contributed by atoms with van der Waals surface area (Å²) in [6.45, 7) is 4.54. The van der Waals surface area contributed by atoms with Crippen molar-refractivity contribution in [3.8, 4) is 5.75 Å². The van der Waals surface area contributed by atoms with Crippen LogP contribution in [0.15, 0.2) is 55.1 Å². The molecule has 0 aliphatic heterocycles. The summed E-state index contributed by atoms with van der Waals surface area (Å²) in [7, 11) is 0. The molecule has 0 N–H and O–H groups in total. The normalized spacial score (nSPS) is 10.1. The number of nitrogens with zero attached hydrogens (tertiary/aromatic N) is 1. The topological polar surface area (TPSA) is 29.5 Å². The fourth-order valence-corrected chi connectivity index (χ4v) is 2.74. The van der Waals surface area contributed by atoms with Gasteiger partial charge in [-0.25, -0.2) is 4.79 Å². The lowest BCUT2D eigenvalue weighted by Crippen LogP contribution is -2.32. The van der Waals surface area contributed by atoms with Crippen molar-refractivity contribution >= 4 is 29.0 Å². The summed E-state index contributed by atoms with van der Waals surface area (Å²) >= 11 is 7.34. The second kappa shape index (κ2) is 7.12. The van der Waals surface area contributed by atoms with Crippen molar-refractivity contribution in [2.45, 2.75) is 6.54 Å². The number of para-hydroxylation sites is 1. The lowest BCUT2D eigenvalue weighted by atomic mass is 10.3. The number of hydrogen-bond donors (Lipinski definition) is 0. The average molecular weight is 308 g/mol. The van der Waals surface area contributed by atoms with E-state index in [1.54, 1.807) is 23.1 Å². The third-order valence-corrected chi connectivity index (χ3v) is 3.75. The number of carbonyl (C=O) groups excluding carboxylic acids is 1. The molecule has 3 nitrogen and oxygen atoms in total. The van der Waals surface area contributed by atoms with Gasteiger partial charge in [0.2, 0.25) is 0 Å². The Morgan fingerprint density at radius 3 is 2.65 bits per heavy atom. The maximum absolute atomic E-state index is 12.1. The third-order valence-electron chi connectivity index (χ3n) is 2.53. The van der Waals surface area contributed by atoms with Crippen molar-refractivity contribution in [3.05, 3.63) is 64.3 Å². The highest BCUT2D eigenvalue weighted by atomic mass is 35.5. The van der Waals surface area contributed by atoms with Crippen LogP contribution in [0.4, 0.5) is 4.79 Å². The molecule has 0 bridgehead atoms. The molecule has 0 aliphatic rings. The molecule has 2 rings (SSSR count). The first-order chi connectivity index (χ1) is 9.69. The van der Waals surface area contributed by atoms with Gasteiger partial charge in [0.1, 0.15) is 5.75 Å². The molecule has 0 unspecified atom stereocenters. The summed E-state index contributed by atoms with van der Waals surface area (Å²) in [5, 5.41) is 0. The van der Waals surface area contributed by atoms with Crippen molar-refractivity contribution < 1.29 is 9.53 Å². The van der Waals surface area contributed by atoms with Crippen molar-refractivity contribution in [1.29, 1.82) is 0 Å². The van der Waals surface area contributed by atoms with Gasteiger partial charge in [0.15, 0.2) is 0 Å². The predicted octanol–water partition coefficient (Wildman–Crippen LogP) is 4.59. The first-order valence-electron chi connectivity index (χ1n) is 6.06. The van der Waals surface area contributed by atoms with Gasteiger partial charge in [-0.1, -0.05) is 35.9 Å². The Balaban J connectivity index is 2.03. The minimum atomic E-state index is -0.402. The summed E-state index contributed by atoms with van der Waals surface area (Å²) in [5.41, 5.74) is 0. The summed E-state index contributed by atoms with van der Waals surface area (Å²) in [6, 6.07) is 12.7. The largest absolute Gasteiger partial charge is 0.415 e. The molecular formula is C15H14ClNO2S. The molecule has 0 fully saturated rings. The second-order valence-corrected chi connectivity index (χ2v) is 5.86. The smallest absolute Gasteiger partial charge is 0.410 e. The van der Waals surface area contributed by atoms with E-state index in [0.29, 0.717) is 23.2 Å². The van der Waals surface area contributed by atoms with Gasteiger partial charge in [-0.05, 0) is 24.3 Å². The Hall–Kier alpha value is -1.78. The molecule has 5 heteroatoms. The Labute approximate surface area is 127 Å². The van der Waals surface area contributed by atoms with Gasteiger partial charge in [-0.3, -0.25) is 4.90 Å². The zero-order valence-corrected chi connectivity index (χ0v) is 12.4. The van der Waals surface area contributed by atoms with E-state index in [0.717, 1.165) is 4.88 Å². The van der Waals surface area contributed by atoms with Gasteiger partial charge < -0.3 is 4.74 Å². The van der Waals surface area contributed by atoms with Crippen LogP contribution in [0, 0.1) is 0 Å². The minimum Gasteiger partial charge on any atom is -0.410 e. The number of halogens is 1. The molecule has 0 radical (unpaired) electrons. The molecule has 1 aromatic heterocycles. The van der Waals surface area contributed by atoms with Gasteiger partial charge in [0, 0.05) is 11.4 Å². The van der Waals surface area contributed by atoms with Crippen molar-refractivity contribution in [2.75, 3.05) is 6.54 Å². The Morgan fingerprint density at radius 2 is 2.05 bits per heavy atom. The van der Waals surface area contributed by atoms with Crippen LogP contribution in [0.25, 0.3) is 0 Å². The molecule has 0 saturated heterocycles. The number of ether oxygens (including phenoxy) is 1. The SMILES string of the molecule is C=CCN(Cc1ccc(Cl)s1)C(=O)Oc1ccccc1. The first-order valence-corrected chi connectivity index (χ1v) is 7.25. The number of thiophene rings is 1. The van der Waals surface area contributed by atoms with E-state index >= 15 is 0 Å². The predicted molar refractivity (Wildman–Crippen MR) is 82.4 cm³/mol. The standard InChI is InChI=1S/C15H14ClNO2S/c1-2-10-17(11-13-8-9-14(16)20-13)15(18)19-12-6-4-3-5-7-12/h2-9H,1,10-11H2. The molecule has 0 spiro atoms. The average Bonchev–Trinajstić information content (AvgIpc) is 2.85. The fourth-order valence-electron chi connectivity index (χ4n) is 1.64. The zero-order valence-electron chi connectivity index (χ0n) is 10.8. The third kappa shape index (κ3) is 4.11. The van der Waals surface area contributed by atoms with Crippen LogP contribution < -0.4 is 4.74 Å². The highest BCUT2D eigenvalue weighted by Crippen LogP contribution is 2.23. The van der Waals surface area contributed by atoms with Crippen molar-refractivity contribution in [3.63, 3.8) is 0 Å². The lowest BCUT2D eigenvalue weighted by Gasteiger charge is -2.19. The quantitative estimate of drug-likeness (QED) is 0.756. The molecule has 2 aromatic rings. The van der Waals surface area contributed by atoms with Crippen LogP contribution in [-0.4, -0.2) is 17.5 Å². The van der Waals surface area contributed by atoms with Crippen LogP contribution in [0.2, 0.25) is 4.34 Å². The maximum Gasteiger partial charge on any atom is 0.415 e. The van der Waals surface area contributed by atoms with Crippen molar-refractivity contribution in [1.82, 2.24) is 4.90 Å². The lowest BCUT2D eigenvalue weighted by molar-refractivity contribution is 0.155. The van der Waals surface area contributed by atoms with Gasteiger partial charge in [-0.15, -0.1) is 17.9 Å². The Morgan fingerprint density at radius 1 is 1.30 bits per heavy atom. The fraction of sp³-hybridized carbons (Fsp3) is 0.133. The molecule has 20 heavy (non-hydrogen) atoms. The number of amides is 1. The van der Waals surface area contributed by atoms with E-state index in [4.69, 9.17) is 16.3 Å². The van der Waals surface area contributed by atoms with E-state index in [1.807, 2.05) is 30.3 Å². The van der Waals surface area contributed by atoms with Crippen LogP contribution in [-0.2, 0) is 6.54 Å². The highest BCUT2D eigenvalue weighted by Gasteiger charge is 2.16. The second-order valence-electron chi connectivity index (χ2n) is 4.06. The minimum absolute atomic E-state index is 0.402. The van der Waals surface area contributed by atoms with E-state index < -0.39 is 6.09 Å². The maximum atomic E-state index is 12.1. The number of hydrogen-bond acceptors (Lipinski definition) is 3. The van der Waals surface area contributed by atoms with Crippen molar-refractivity contribution in [2.24, 2.45) is 0 Å². The highest BCUT2D eigenvalue weighted by molar-refractivity contribution is 7.16. The summed E-state index contributed by atoms with van der Waals surface area (Å²) in [5.74, 6) is 0.524. The number of benzene rings is 1. The van der Waals surface area contributed by atoms with E-state index in [1.165, 1.54) is 11.3 Å². The molecule has 104 valence electrons. The number of rotatable bonds is 5. The summed E-state index contributed by atoms with van der Waals surface area (Å²) < 4.78 is 6.02. The Bertz CT molecular complexity index is 583. The van der Waals surface area contributed by atoms with Gasteiger partial charge in [0.05, 0.1) is 10.9 Å².